The summed E-state index contributed by atoms with van der Waals surface area (Å²) >= 11 is 0. The van der Waals surface area contributed by atoms with Crippen LogP contribution in [0.1, 0.15) is 17.0 Å². The lowest BCUT2D eigenvalue weighted by molar-refractivity contribution is -0.138. The first-order valence-corrected chi connectivity index (χ1v) is 5.88. The van der Waals surface area contributed by atoms with Crippen LogP contribution in [-0.2, 0) is 4.79 Å². The quantitative estimate of drug-likeness (QED) is 0.886. The van der Waals surface area contributed by atoms with E-state index in [-0.39, 0.29) is 5.82 Å². The molecule has 1 unspecified atom stereocenters. The van der Waals surface area contributed by atoms with Crippen LogP contribution in [0.2, 0.25) is 0 Å². The van der Waals surface area contributed by atoms with Crippen molar-refractivity contribution in [1.82, 2.24) is 0 Å². The number of rotatable bonds is 4. The van der Waals surface area contributed by atoms with Gasteiger partial charge < -0.3 is 10.8 Å². The number of hydrogen-bond acceptors (Lipinski definition) is 2. The van der Waals surface area contributed by atoms with Gasteiger partial charge in [-0.2, -0.15) is 0 Å². The SMILES string of the molecule is N[C@H](C(=O)O)C(c1ccccc1)c1ccc(F)cc1. The number of halogens is 1. The maximum absolute atomic E-state index is 13.0. The van der Waals surface area contributed by atoms with Crippen molar-refractivity contribution in [2.75, 3.05) is 0 Å². The van der Waals surface area contributed by atoms with E-state index >= 15 is 0 Å². The van der Waals surface area contributed by atoms with Gasteiger partial charge in [-0.25, -0.2) is 4.39 Å². The normalized spacial score (nSPS) is 13.8. The molecule has 3 N–H and O–H groups in total. The van der Waals surface area contributed by atoms with Crippen LogP contribution < -0.4 is 5.73 Å². The molecular weight excluding hydrogens is 245 g/mol. The van der Waals surface area contributed by atoms with Crippen molar-refractivity contribution in [2.24, 2.45) is 5.73 Å². The molecule has 4 heteroatoms. The zero-order valence-corrected chi connectivity index (χ0v) is 10.2. The Balaban J connectivity index is 2.45. The molecule has 0 saturated carbocycles. The standard InChI is InChI=1S/C15H14FNO2/c16-12-8-6-11(7-9-12)13(14(17)15(18)19)10-4-2-1-3-5-10/h1-9,13-14H,17H2,(H,18,19)/t13?,14-/m0/s1. The summed E-state index contributed by atoms with van der Waals surface area (Å²) in [5.74, 6) is -1.95. The van der Waals surface area contributed by atoms with Crippen LogP contribution in [0.5, 0.6) is 0 Å². The van der Waals surface area contributed by atoms with Gasteiger partial charge in [0.15, 0.2) is 0 Å². The number of carboxylic acid groups (broad SMARTS) is 1. The van der Waals surface area contributed by atoms with Gasteiger partial charge in [0.1, 0.15) is 11.9 Å². The van der Waals surface area contributed by atoms with Crippen LogP contribution in [0.3, 0.4) is 0 Å². The molecule has 0 spiro atoms. The van der Waals surface area contributed by atoms with E-state index in [1.807, 2.05) is 30.3 Å². The smallest absolute Gasteiger partial charge is 0.321 e. The fourth-order valence-corrected chi connectivity index (χ4v) is 2.08. The second-order valence-electron chi connectivity index (χ2n) is 4.30. The number of hydrogen-bond donors (Lipinski definition) is 2. The molecule has 0 aliphatic carbocycles. The summed E-state index contributed by atoms with van der Waals surface area (Å²) in [6.07, 6.45) is 0. The van der Waals surface area contributed by atoms with Crippen LogP contribution in [0.25, 0.3) is 0 Å². The minimum absolute atomic E-state index is 0.362. The van der Waals surface area contributed by atoms with Crippen LogP contribution >= 0.6 is 0 Å². The van der Waals surface area contributed by atoms with E-state index in [9.17, 15) is 9.18 Å². The molecular formula is C15H14FNO2. The summed E-state index contributed by atoms with van der Waals surface area (Å²) in [6.45, 7) is 0. The molecule has 0 aliphatic rings. The monoisotopic (exact) mass is 259 g/mol. The molecule has 3 nitrogen and oxygen atoms in total. The maximum atomic E-state index is 13.0. The highest BCUT2D eigenvalue weighted by Crippen LogP contribution is 2.27. The minimum atomic E-state index is -1.09. The Morgan fingerprint density at radius 2 is 1.53 bits per heavy atom. The lowest BCUT2D eigenvalue weighted by Gasteiger charge is -2.21. The van der Waals surface area contributed by atoms with Gasteiger partial charge >= 0.3 is 5.97 Å². The first-order chi connectivity index (χ1) is 9.09. The topological polar surface area (TPSA) is 63.3 Å². The number of carboxylic acids is 1. The lowest BCUT2D eigenvalue weighted by Crippen LogP contribution is -2.37. The fraction of sp³-hybridized carbons (Fsp3) is 0.133. The zero-order valence-electron chi connectivity index (χ0n) is 10.2. The van der Waals surface area contributed by atoms with E-state index in [0.717, 1.165) is 5.56 Å². The van der Waals surface area contributed by atoms with E-state index in [2.05, 4.69) is 0 Å². The Morgan fingerprint density at radius 3 is 2.05 bits per heavy atom. The largest absolute Gasteiger partial charge is 0.480 e. The summed E-state index contributed by atoms with van der Waals surface area (Å²) < 4.78 is 13.0. The van der Waals surface area contributed by atoms with E-state index in [1.165, 1.54) is 12.1 Å². The van der Waals surface area contributed by atoms with Gasteiger partial charge in [-0.1, -0.05) is 42.5 Å². The van der Waals surface area contributed by atoms with Crippen molar-refractivity contribution in [3.05, 3.63) is 71.5 Å². The van der Waals surface area contributed by atoms with Gasteiger partial charge in [0.2, 0.25) is 0 Å². The Morgan fingerprint density at radius 1 is 1.00 bits per heavy atom. The van der Waals surface area contributed by atoms with Crippen LogP contribution in [0, 0.1) is 5.82 Å². The lowest BCUT2D eigenvalue weighted by atomic mass is 9.85. The van der Waals surface area contributed by atoms with Gasteiger partial charge in [-0.05, 0) is 23.3 Å². The molecule has 0 fully saturated rings. The maximum Gasteiger partial charge on any atom is 0.321 e. The van der Waals surface area contributed by atoms with Crippen molar-refractivity contribution in [3.8, 4) is 0 Å². The highest BCUT2D eigenvalue weighted by atomic mass is 19.1. The van der Waals surface area contributed by atoms with E-state index in [1.54, 1.807) is 12.1 Å². The molecule has 2 atom stereocenters. The molecule has 0 saturated heterocycles. The number of aliphatic carboxylic acids is 1. The van der Waals surface area contributed by atoms with Gasteiger partial charge in [0, 0.05) is 5.92 Å². The molecule has 2 aromatic carbocycles. The first kappa shape index (κ1) is 13.2. The molecule has 0 radical (unpaired) electrons. The van der Waals surface area contributed by atoms with Crippen molar-refractivity contribution < 1.29 is 14.3 Å². The third kappa shape index (κ3) is 2.98. The van der Waals surface area contributed by atoms with Crippen molar-refractivity contribution in [2.45, 2.75) is 12.0 Å². The predicted molar refractivity (Wildman–Crippen MR) is 70.3 cm³/mol. The third-order valence-corrected chi connectivity index (χ3v) is 3.03. The summed E-state index contributed by atoms with van der Waals surface area (Å²) in [6, 6.07) is 13.8. The number of carbonyl (C=O) groups is 1. The summed E-state index contributed by atoms with van der Waals surface area (Å²) in [5.41, 5.74) is 7.25. The molecule has 0 bridgehead atoms. The second kappa shape index (κ2) is 5.63. The molecule has 98 valence electrons. The number of benzene rings is 2. The summed E-state index contributed by atoms with van der Waals surface area (Å²) in [4.78, 5) is 11.2. The van der Waals surface area contributed by atoms with Gasteiger partial charge in [-0.15, -0.1) is 0 Å². The van der Waals surface area contributed by atoms with Crippen LogP contribution in [0.4, 0.5) is 4.39 Å². The highest BCUT2D eigenvalue weighted by molar-refractivity contribution is 5.75. The van der Waals surface area contributed by atoms with Gasteiger partial charge in [-0.3, -0.25) is 4.79 Å². The van der Waals surface area contributed by atoms with Crippen LogP contribution in [-0.4, -0.2) is 17.1 Å². The molecule has 2 rings (SSSR count). The Labute approximate surface area is 110 Å². The zero-order chi connectivity index (χ0) is 13.8. The summed E-state index contributed by atoms with van der Waals surface area (Å²) in [7, 11) is 0. The summed E-state index contributed by atoms with van der Waals surface area (Å²) in [5, 5.41) is 9.13. The highest BCUT2D eigenvalue weighted by Gasteiger charge is 2.27. The number of nitrogens with two attached hydrogens (primary N) is 1. The Bertz CT molecular complexity index is 554. The molecule has 0 heterocycles. The molecule has 0 aromatic heterocycles. The van der Waals surface area contributed by atoms with E-state index in [4.69, 9.17) is 10.8 Å². The Kier molecular flexibility index (Phi) is 3.92. The molecule has 19 heavy (non-hydrogen) atoms. The fourth-order valence-electron chi connectivity index (χ4n) is 2.08. The first-order valence-electron chi connectivity index (χ1n) is 5.88. The van der Waals surface area contributed by atoms with Gasteiger partial charge in [0.05, 0.1) is 0 Å². The van der Waals surface area contributed by atoms with Crippen molar-refractivity contribution in [3.63, 3.8) is 0 Å². The van der Waals surface area contributed by atoms with Gasteiger partial charge in [0.25, 0.3) is 0 Å². The average Bonchev–Trinajstić information content (AvgIpc) is 2.42. The minimum Gasteiger partial charge on any atom is -0.480 e. The molecule has 2 aromatic rings. The van der Waals surface area contributed by atoms with Crippen LogP contribution in [0.15, 0.2) is 54.6 Å². The van der Waals surface area contributed by atoms with E-state index < -0.39 is 17.9 Å². The second-order valence-corrected chi connectivity index (χ2v) is 4.30. The predicted octanol–water partition coefficient (Wildman–Crippen LogP) is 2.37. The third-order valence-electron chi connectivity index (χ3n) is 3.03. The van der Waals surface area contributed by atoms with Crippen molar-refractivity contribution in [1.29, 1.82) is 0 Å². The van der Waals surface area contributed by atoms with E-state index in [0.29, 0.717) is 5.56 Å². The Hall–Kier alpha value is -2.20. The molecule has 0 amide bonds. The molecule has 0 aliphatic heterocycles. The van der Waals surface area contributed by atoms with Crippen molar-refractivity contribution >= 4 is 5.97 Å². The average molecular weight is 259 g/mol.